The van der Waals surface area contributed by atoms with E-state index in [0.717, 1.165) is 0 Å². The third kappa shape index (κ3) is 5.11. The number of sulfonamides is 1. The lowest BCUT2D eigenvalue weighted by molar-refractivity contribution is 0.199. The number of ether oxygens (including phenoxy) is 1. The van der Waals surface area contributed by atoms with Crippen molar-refractivity contribution in [3.63, 3.8) is 0 Å². The molecule has 0 bridgehead atoms. The number of nitrogens with zero attached hydrogens (tertiary/aromatic N) is 2. The van der Waals surface area contributed by atoms with Gasteiger partial charge < -0.3 is 4.74 Å². The molecule has 88 valence electrons. The van der Waals surface area contributed by atoms with Gasteiger partial charge in [-0.3, -0.25) is 0 Å². The smallest absolute Gasteiger partial charge is 0.215 e. The molecule has 0 rings (SSSR count). The molecule has 6 heteroatoms. The molecule has 0 aliphatic rings. The Balaban J connectivity index is 4.45. The Labute approximate surface area is 91.7 Å². The molecule has 0 aliphatic heterocycles. The maximum atomic E-state index is 11.8. The van der Waals surface area contributed by atoms with E-state index in [0.29, 0.717) is 13.0 Å². The zero-order chi connectivity index (χ0) is 11.9. The molecule has 0 saturated carbocycles. The fourth-order valence-corrected chi connectivity index (χ4v) is 2.79. The average Bonchev–Trinajstić information content (AvgIpc) is 2.13. The molecule has 0 radical (unpaired) electrons. The van der Waals surface area contributed by atoms with Crippen LogP contribution < -0.4 is 0 Å². The fourth-order valence-electron chi connectivity index (χ4n) is 1.17. The van der Waals surface area contributed by atoms with Gasteiger partial charge in [0.1, 0.15) is 6.54 Å². The molecule has 0 fully saturated rings. The second-order valence-electron chi connectivity index (χ2n) is 3.46. The Morgan fingerprint density at radius 3 is 2.47 bits per heavy atom. The van der Waals surface area contributed by atoms with E-state index >= 15 is 0 Å². The second-order valence-corrected chi connectivity index (χ2v) is 5.50. The van der Waals surface area contributed by atoms with Gasteiger partial charge in [-0.05, 0) is 20.3 Å². The van der Waals surface area contributed by atoms with Crippen molar-refractivity contribution in [3.8, 4) is 6.07 Å². The molecule has 0 unspecified atom stereocenters. The molecule has 15 heavy (non-hydrogen) atoms. The van der Waals surface area contributed by atoms with Crippen LogP contribution in [0.15, 0.2) is 0 Å². The van der Waals surface area contributed by atoms with E-state index in [2.05, 4.69) is 0 Å². The minimum Gasteiger partial charge on any atom is -0.385 e. The van der Waals surface area contributed by atoms with Crippen molar-refractivity contribution in [1.29, 1.82) is 5.26 Å². The Hall–Kier alpha value is -0.640. The van der Waals surface area contributed by atoms with Gasteiger partial charge in [0.15, 0.2) is 0 Å². The van der Waals surface area contributed by atoms with Gasteiger partial charge in [0.05, 0.1) is 11.8 Å². The number of rotatable bonds is 7. The molecule has 0 atom stereocenters. The molecule has 5 nitrogen and oxygen atoms in total. The molecular formula is C9H18N2O3S. The van der Waals surface area contributed by atoms with Crippen molar-refractivity contribution in [2.24, 2.45) is 0 Å². The highest BCUT2D eigenvalue weighted by Gasteiger charge is 2.23. The van der Waals surface area contributed by atoms with Crippen LogP contribution in [0.2, 0.25) is 0 Å². The molecule has 0 aliphatic carbocycles. The maximum absolute atomic E-state index is 11.8. The van der Waals surface area contributed by atoms with E-state index in [9.17, 15) is 8.42 Å². The van der Waals surface area contributed by atoms with Gasteiger partial charge in [0.25, 0.3) is 0 Å². The first kappa shape index (κ1) is 14.4. The van der Waals surface area contributed by atoms with Crippen molar-refractivity contribution < 1.29 is 13.2 Å². The van der Waals surface area contributed by atoms with Crippen LogP contribution in [0.4, 0.5) is 0 Å². The third-order valence-corrected chi connectivity index (χ3v) is 3.98. The average molecular weight is 234 g/mol. The van der Waals surface area contributed by atoms with Crippen LogP contribution in [-0.2, 0) is 14.8 Å². The number of hydrogen-bond donors (Lipinski definition) is 0. The number of methoxy groups -OCH3 is 1. The van der Waals surface area contributed by atoms with Gasteiger partial charge >= 0.3 is 0 Å². The van der Waals surface area contributed by atoms with E-state index in [1.54, 1.807) is 13.8 Å². The van der Waals surface area contributed by atoms with Crippen molar-refractivity contribution in [3.05, 3.63) is 0 Å². The zero-order valence-corrected chi connectivity index (χ0v) is 10.2. The van der Waals surface area contributed by atoms with Crippen LogP contribution in [0.3, 0.4) is 0 Å². The normalized spacial score (nSPS) is 12.0. The summed E-state index contributed by atoms with van der Waals surface area (Å²) in [5, 5.41) is 8.54. The summed E-state index contributed by atoms with van der Waals surface area (Å²) in [6.45, 7) is 3.83. The SMILES string of the molecule is COCCCS(=O)(=O)N(CC#N)C(C)C. The lowest BCUT2D eigenvalue weighted by Gasteiger charge is -2.22. The predicted octanol–water partition coefficient (Wildman–Crippen LogP) is 0.587. The van der Waals surface area contributed by atoms with Gasteiger partial charge in [-0.15, -0.1) is 0 Å². The van der Waals surface area contributed by atoms with Crippen molar-refractivity contribution in [2.45, 2.75) is 26.3 Å². The summed E-state index contributed by atoms with van der Waals surface area (Å²) in [5.41, 5.74) is 0. The summed E-state index contributed by atoms with van der Waals surface area (Å²) in [6, 6.07) is 1.68. The first-order valence-electron chi connectivity index (χ1n) is 4.81. The quantitative estimate of drug-likeness (QED) is 0.477. The van der Waals surface area contributed by atoms with Crippen molar-refractivity contribution in [2.75, 3.05) is 26.0 Å². The summed E-state index contributed by atoms with van der Waals surface area (Å²) in [4.78, 5) is 0. The van der Waals surface area contributed by atoms with E-state index in [-0.39, 0.29) is 18.3 Å². The van der Waals surface area contributed by atoms with Gasteiger partial charge in [-0.1, -0.05) is 0 Å². The third-order valence-electron chi connectivity index (χ3n) is 1.91. The molecule has 0 N–H and O–H groups in total. The minimum absolute atomic E-state index is 0.0285. The van der Waals surface area contributed by atoms with E-state index in [1.807, 2.05) is 6.07 Å². The largest absolute Gasteiger partial charge is 0.385 e. The van der Waals surface area contributed by atoms with Crippen molar-refractivity contribution >= 4 is 10.0 Å². The summed E-state index contributed by atoms with van der Waals surface area (Å²) < 4.78 is 29.5. The van der Waals surface area contributed by atoms with Gasteiger partial charge in [-0.25, -0.2) is 8.42 Å². The molecule has 0 heterocycles. The van der Waals surface area contributed by atoms with Gasteiger partial charge in [-0.2, -0.15) is 9.57 Å². The summed E-state index contributed by atoms with van der Waals surface area (Å²) >= 11 is 0. The van der Waals surface area contributed by atoms with E-state index < -0.39 is 10.0 Å². The van der Waals surface area contributed by atoms with Gasteiger partial charge in [0.2, 0.25) is 10.0 Å². The van der Waals surface area contributed by atoms with Crippen LogP contribution in [0.5, 0.6) is 0 Å². The summed E-state index contributed by atoms with van der Waals surface area (Å²) in [7, 11) is -1.80. The second kappa shape index (κ2) is 6.77. The standard InChI is InChI=1S/C9H18N2O3S/c1-9(2)11(6-5-10)15(12,13)8-4-7-14-3/h9H,4,6-8H2,1-3H3. The zero-order valence-electron chi connectivity index (χ0n) is 9.43. The van der Waals surface area contributed by atoms with Crippen LogP contribution in [0.1, 0.15) is 20.3 Å². The van der Waals surface area contributed by atoms with E-state index in [4.69, 9.17) is 10.00 Å². The molecule has 0 spiro atoms. The number of hydrogen-bond acceptors (Lipinski definition) is 4. The first-order valence-corrected chi connectivity index (χ1v) is 6.42. The van der Waals surface area contributed by atoms with Crippen LogP contribution in [-0.4, -0.2) is 44.8 Å². The lowest BCUT2D eigenvalue weighted by Crippen LogP contribution is -2.38. The minimum atomic E-state index is -3.33. The molecule has 0 saturated heterocycles. The molecule has 0 aromatic rings. The molecule has 0 aromatic heterocycles. The highest BCUT2D eigenvalue weighted by molar-refractivity contribution is 7.89. The predicted molar refractivity (Wildman–Crippen MR) is 57.7 cm³/mol. The number of nitriles is 1. The highest BCUT2D eigenvalue weighted by atomic mass is 32.2. The Morgan fingerprint density at radius 1 is 1.47 bits per heavy atom. The van der Waals surface area contributed by atoms with Crippen LogP contribution >= 0.6 is 0 Å². The Kier molecular flexibility index (Phi) is 6.48. The lowest BCUT2D eigenvalue weighted by atomic mass is 10.4. The maximum Gasteiger partial charge on any atom is 0.215 e. The fraction of sp³-hybridized carbons (Fsp3) is 0.889. The van der Waals surface area contributed by atoms with Crippen LogP contribution in [0.25, 0.3) is 0 Å². The summed E-state index contributed by atoms with van der Waals surface area (Å²) in [5.74, 6) is 0.0285. The Morgan fingerprint density at radius 2 is 2.07 bits per heavy atom. The van der Waals surface area contributed by atoms with E-state index in [1.165, 1.54) is 11.4 Å². The molecule has 0 aromatic carbocycles. The monoisotopic (exact) mass is 234 g/mol. The highest BCUT2D eigenvalue weighted by Crippen LogP contribution is 2.08. The van der Waals surface area contributed by atoms with Gasteiger partial charge in [0, 0.05) is 19.8 Å². The van der Waals surface area contributed by atoms with Crippen molar-refractivity contribution in [1.82, 2.24) is 4.31 Å². The first-order chi connectivity index (χ1) is 6.95. The molecule has 0 amide bonds. The summed E-state index contributed by atoms with van der Waals surface area (Å²) in [6.07, 6.45) is 0.452. The molecular weight excluding hydrogens is 216 g/mol. The van der Waals surface area contributed by atoms with Crippen LogP contribution in [0, 0.1) is 11.3 Å². The Bertz CT molecular complexity index is 306. The topological polar surface area (TPSA) is 70.4 Å².